The lowest BCUT2D eigenvalue weighted by Gasteiger charge is -2.18. The van der Waals surface area contributed by atoms with Crippen molar-refractivity contribution in [2.75, 3.05) is 6.54 Å². The van der Waals surface area contributed by atoms with Gasteiger partial charge in [-0.2, -0.15) is 0 Å². The predicted octanol–water partition coefficient (Wildman–Crippen LogP) is 2.99. The first-order valence-electron chi connectivity index (χ1n) is 6.40. The lowest BCUT2D eigenvalue weighted by Crippen LogP contribution is -2.21. The van der Waals surface area contributed by atoms with Crippen LogP contribution in [-0.4, -0.2) is 16.1 Å². The molecule has 0 aliphatic heterocycles. The summed E-state index contributed by atoms with van der Waals surface area (Å²) in [7, 11) is 0. The molecule has 0 aliphatic rings. The first-order valence-corrected chi connectivity index (χ1v) is 6.40. The Labute approximate surface area is 99.3 Å². The molecule has 0 amide bonds. The molecule has 1 aromatic heterocycles. The fraction of sp³-hybridized carbons (Fsp3) is 0.769. The zero-order valence-corrected chi connectivity index (χ0v) is 11.0. The molecule has 3 nitrogen and oxygen atoms in total. The van der Waals surface area contributed by atoms with Crippen molar-refractivity contribution in [2.45, 2.75) is 53.1 Å². The van der Waals surface area contributed by atoms with Crippen LogP contribution in [0.4, 0.5) is 0 Å². The summed E-state index contributed by atoms with van der Waals surface area (Å²) >= 11 is 0. The van der Waals surface area contributed by atoms with E-state index >= 15 is 0 Å². The molecule has 3 heteroatoms. The van der Waals surface area contributed by atoms with Crippen LogP contribution in [-0.2, 0) is 6.54 Å². The third kappa shape index (κ3) is 3.63. The predicted molar refractivity (Wildman–Crippen MR) is 68.4 cm³/mol. The molecule has 0 fully saturated rings. The van der Waals surface area contributed by atoms with Gasteiger partial charge in [0.25, 0.3) is 0 Å². The first-order chi connectivity index (χ1) is 7.69. The summed E-state index contributed by atoms with van der Waals surface area (Å²) in [6.07, 6.45) is 6.28. The summed E-state index contributed by atoms with van der Waals surface area (Å²) in [6.45, 7) is 10.9. The summed E-state index contributed by atoms with van der Waals surface area (Å²) in [4.78, 5) is 4.26. The van der Waals surface area contributed by atoms with E-state index in [4.69, 9.17) is 0 Å². The summed E-state index contributed by atoms with van der Waals surface area (Å²) in [6, 6.07) is 0.596. The zero-order valence-electron chi connectivity index (χ0n) is 11.0. The van der Waals surface area contributed by atoms with E-state index in [-0.39, 0.29) is 0 Å². The van der Waals surface area contributed by atoms with E-state index in [0.717, 1.165) is 13.1 Å². The number of rotatable bonds is 7. The lowest BCUT2D eigenvalue weighted by atomic mass is 10.1. The Morgan fingerprint density at radius 2 is 2.00 bits per heavy atom. The van der Waals surface area contributed by atoms with Crippen molar-refractivity contribution >= 4 is 0 Å². The van der Waals surface area contributed by atoms with Gasteiger partial charge >= 0.3 is 0 Å². The molecular weight excluding hydrogens is 198 g/mol. The third-order valence-electron chi connectivity index (χ3n) is 2.94. The molecule has 16 heavy (non-hydrogen) atoms. The first kappa shape index (κ1) is 13.2. The average molecular weight is 223 g/mol. The highest BCUT2D eigenvalue weighted by molar-refractivity contribution is 5.00. The van der Waals surface area contributed by atoms with E-state index in [1.165, 1.54) is 18.5 Å². The van der Waals surface area contributed by atoms with Crippen molar-refractivity contribution < 1.29 is 0 Å². The Hall–Kier alpha value is -0.830. The molecular formula is C13H25N3. The molecule has 0 atom stereocenters. The van der Waals surface area contributed by atoms with Gasteiger partial charge in [0.05, 0.1) is 12.0 Å². The molecule has 0 aromatic carbocycles. The van der Waals surface area contributed by atoms with E-state index in [1.54, 1.807) is 0 Å². The molecule has 92 valence electrons. The summed E-state index contributed by atoms with van der Waals surface area (Å²) in [5.41, 5.74) is 1.30. The minimum Gasteiger partial charge on any atom is -0.330 e. The van der Waals surface area contributed by atoms with E-state index in [1.807, 2.05) is 12.5 Å². The molecule has 0 unspecified atom stereocenters. The van der Waals surface area contributed by atoms with Crippen LogP contribution in [0.2, 0.25) is 0 Å². The highest BCUT2D eigenvalue weighted by Crippen LogP contribution is 2.17. The van der Waals surface area contributed by atoms with Crippen LogP contribution in [0.25, 0.3) is 0 Å². The van der Waals surface area contributed by atoms with Gasteiger partial charge in [0.15, 0.2) is 0 Å². The van der Waals surface area contributed by atoms with Crippen LogP contribution in [0.5, 0.6) is 0 Å². The Morgan fingerprint density at radius 1 is 1.31 bits per heavy atom. The van der Waals surface area contributed by atoms with Crippen molar-refractivity contribution in [1.82, 2.24) is 14.9 Å². The molecule has 0 saturated carbocycles. The Balaban J connectivity index is 2.56. The molecule has 0 aliphatic carbocycles. The molecule has 0 radical (unpaired) electrons. The highest BCUT2D eigenvalue weighted by Gasteiger charge is 2.09. The second-order valence-electron chi connectivity index (χ2n) is 4.79. The van der Waals surface area contributed by atoms with Gasteiger partial charge in [-0.25, -0.2) is 4.98 Å². The fourth-order valence-corrected chi connectivity index (χ4v) is 1.97. The molecule has 1 heterocycles. The number of imidazole rings is 1. The van der Waals surface area contributed by atoms with Crippen LogP contribution in [0, 0.1) is 5.92 Å². The van der Waals surface area contributed by atoms with Gasteiger partial charge in [0.1, 0.15) is 0 Å². The topological polar surface area (TPSA) is 29.9 Å². The molecule has 1 aromatic rings. The Kier molecular flexibility index (Phi) is 5.53. The summed E-state index contributed by atoms with van der Waals surface area (Å²) in [5, 5.41) is 3.47. The third-order valence-corrected chi connectivity index (χ3v) is 2.94. The number of nitrogens with zero attached hydrogens (tertiary/aromatic N) is 2. The van der Waals surface area contributed by atoms with Crippen LogP contribution in [0.1, 0.15) is 52.3 Å². The fourth-order valence-electron chi connectivity index (χ4n) is 1.97. The molecule has 0 bridgehead atoms. The molecule has 0 saturated heterocycles. The Bertz CT molecular complexity index is 287. The van der Waals surface area contributed by atoms with Crippen molar-refractivity contribution in [3.05, 3.63) is 18.2 Å². The minimum atomic E-state index is 0.596. The van der Waals surface area contributed by atoms with Crippen LogP contribution in [0.15, 0.2) is 12.5 Å². The highest BCUT2D eigenvalue weighted by atomic mass is 15.1. The summed E-state index contributed by atoms with van der Waals surface area (Å²) < 4.78 is 2.31. The number of hydrogen-bond donors (Lipinski definition) is 1. The van der Waals surface area contributed by atoms with E-state index in [2.05, 4.69) is 42.6 Å². The van der Waals surface area contributed by atoms with E-state index < -0.39 is 0 Å². The van der Waals surface area contributed by atoms with Crippen LogP contribution < -0.4 is 5.32 Å². The smallest absolute Gasteiger partial charge is 0.0951 e. The Morgan fingerprint density at radius 3 is 2.56 bits per heavy atom. The van der Waals surface area contributed by atoms with Gasteiger partial charge in [-0.15, -0.1) is 0 Å². The van der Waals surface area contributed by atoms with Gasteiger partial charge in [-0.3, -0.25) is 0 Å². The number of hydrogen-bond acceptors (Lipinski definition) is 2. The van der Waals surface area contributed by atoms with Crippen molar-refractivity contribution in [2.24, 2.45) is 5.92 Å². The van der Waals surface area contributed by atoms with Gasteiger partial charge in [0, 0.05) is 18.8 Å². The van der Waals surface area contributed by atoms with Gasteiger partial charge < -0.3 is 9.88 Å². The monoisotopic (exact) mass is 223 g/mol. The van der Waals surface area contributed by atoms with Crippen molar-refractivity contribution in [1.29, 1.82) is 0 Å². The normalized spacial score (nSPS) is 11.6. The maximum Gasteiger partial charge on any atom is 0.0951 e. The lowest BCUT2D eigenvalue weighted by molar-refractivity contribution is 0.446. The van der Waals surface area contributed by atoms with Crippen molar-refractivity contribution in [3.63, 3.8) is 0 Å². The second kappa shape index (κ2) is 6.69. The van der Waals surface area contributed by atoms with Crippen LogP contribution in [0.3, 0.4) is 0 Å². The van der Waals surface area contributed by atoms with Crippen molar-refractivity contribution in [3.8, 4) is 0 Å². The maximum absolute atomic E-state index is 4.26. The molecule has 1 rings (SSSR count). The minimum absolute atomic E-state index is 0.596. The number of aromatic nitrogens is 2. The number of nitrogens with one attached hydrogen (secondary N) is 1. The maximum atomic E-state index is 4.26. The summed E-state index contributed by atoms with van der Waals surface area (Å²) in [5.74, 6) is 0.699. The van der Waals surface area contributed by atoms with Gasteiger partial charge in [-0.05, 0) is 25.3 Å². The van der Waals surface area contributed by atoms with Gasteiger partial charge in [-0.1, -0.05) is 27.7 Å². The molecule has 1 N–H and O–H groups in total. The molecule has 0 spiro atoms. The quantitative estimate of drug-likeness (QED) is 0.770. The zero-order chi connectivity index (χ0) is 12.0. The van der Waals surface area contributed by atoms with E-state index in [9.17, 15) is 0 Å². The van der Waals surface area contributed by atoms with E-state index in [0.29, 0.717) is 12.0 Å². The average Bonchev–Trinajstić information content (AvgIpc) is 2.68. The standard InChI is InChI=1S/C13H25N3/c1-5-12(6-2)16-10-15-9-13(16)8-14-7-11(3)4/h9-12,14H,5-8H2,1-4H3. The van der Waals surface area contributed by atoms with Gasteiger partial charge in [0.2, 0.25) is 0 Å². The van der Waals surface area contributed by atoms with Crippen LogP contribution >= 0.6 is 0 Å². The largest absolute Gasteiger partial charge is 0.330 e. The SMILES string of the molecule is CCC(CC)n1cncc1CNCC(C)C. The second-order valence-corrected chi connectivity index (χ2v) is 4.79.